The van der Waals surface area contributed by atoms with Gasteiger partial charge in [-0.2, -0.15) is 0 Å². The van der Waals surface area contributed by atoms with Gasteiger partial charge >= 0.3 is 0 Å². The first-order chi connectivity index (χ1) is 10.3. The van der Waals surface area contributed by atoms with Gasteiger partial charge in [0.05, 0.1) is 6.04 Å². The molecule has 1 aliphatic heterocycles. The molecule has 0 aromatic heterocycles. The predicted molar refractivity (Wildman–Crippen MR) is 80.5 cm³/mol. The summed E-state index contributed by atoms with van der Waals surface area (Å²) in [6.07, 6.45) is 3.06. The average molecular weight is 283 g/mol. The van der Waals surface area contributed by atoms with Crippen LogP contribution in [0.3, 0.4) is 0 Å². The van der Waals surface area contributed by atoms with Gasteiger partial charge in [0.2, 0.25) is 0 Å². The highest BCUT2D eigenvalue weighted by molar-refractivity contribution is 5.94. The number of halogens is 1. The number of rotatable bonds is 2. The van der Waals surface area contributed by atoms with Gasteiger partial charge in [-0.1, -0.05) is 30.3 Å². The summed E-state index contributed by atoms with van der Waals surface area (Å²) in [5.74, 6) is -0.180. The summed E-state index contributed by atoms with van der Waals surface area (Å²) < 4.78 is 13.1. The molecule has 1 atom stereocenters. The fourth-order valence-corrected chi connectivity index (χ4v) is 2.95. The monoisotopic (exact) mass is 283 g/mol. The Labute approximate surface area is 124 Å². The van der Waals surface area contributed by atoms with Crippen LogP contribution in [-0.4, -0.2) is 17.4 Å². The highest BCUT2D eigenvalue weighted by atomic mass is 19.1. The molecule has 1 aliphatic rings. The van der Waals surface area contributed by atoms with Crippen LogP contribution in [0.5, 0.6) is 0 Å². The molecule has 0 unspecified atom stereocenters. The van der Waals surface area contributed by atoms with Crippen LogP contribution in [0.25, 0.3) is 0 Å². The molecule has 1 heterocycles. The minimum atomic E-state index is -0.240. The maximum Gasteiger partial charge on any atom is 0.254 e. The largest absolute Gasteiger partial charge is 0.332 e. The van der Waals surface area contributed by atoms with Crippen LogP contribution in [-0.2, 0) is 0 Å². The lowest BCUT2D eigenvalue weighted by molar-refractivity contribution is 0.0611. The quantitative estimate of drug-likeness (QED) is 0.809. The predicted octanol–water partition coefficient (Wildman–Crippen LogP) is 4.19. The highest BCUT2D eigenvalue weighted by Gasteiger charge is 2.28. The minimum Gasteiger partial charge on any atom is -0.332 e. The smallest absolute Gasteiger partial charge is 0.254 e. The van der Waals surface area contributed by atoms with Crippen LogP contribution >= 0.6 is 0 Å². The van der Waals surface area contributed by atoms with E-state index in [2.05, 4.69) is 0 Å². The van der Waals surface area contributed by atoms with E-state index in [4.69, 9.17) is 0 Å². The van der Waals surface area contributed by atoms with Gasteiger partial charge in [0.15, 0.2) is 0 Å². The number of amides is 1. The first kappa shape index (κ1) is 13.8. The fourth-order valence-electron chi connectivity index (χ4n) is 2.95. The summed E-state index contributed by atoms with van der Waals surface area (Å²) in [7, 11) is 0. The maximum absolute atomic E-state index is 13.1. The Morgan fingerprint density at radius 2 is 1.71 bits per heavy atom. The topological polar surface area (TPSA) is 20.3 Å². The van der Waals surface area contributed by atoms with Crippen molar-refractivity contribution < 1.29 is 9.18 Å². The van der Waals surface area contributed by atoms with Crippen molar-refractivity contribution in [3.8, 4) is 0 Å². The van der Waals surface area contributed by atoms with Crippen molar-refractivity contribution >= 4 is 5.91 Å². The molecule has 1 amide bonds. The number of nitrogens with zero attached hydrogens (tertiary/aromatic N) is 1. The zero-order valence-electron chi connectivity index (χ0n) is 11.8. The molecule has 3 rings (SSSR count). The van der Waals surface area contributed by atoms with Gasteiger partial charge in [-0.15, -0.1) is 0 Å². The zero-order chi connectivity index (χ0) is 14.7. The van der Waals surface area contributed by atoms with E-state index in [1.807, 2.05) is 35.2 Å². The molecule has 0 bridgehead atoms. The average Bonchev–Trinajstić information content (AvgIpc) is 2.56. The number of hydrogen-bond donors (Lipinski definition) is 0. The molecule has 2 aromatic rings. The van der Waals surface area contributed by atoms with E-state index in [0.29, 0.717) is 5.56 Å². The first-order valence-electron chi connectivity index (χ1n) is 7.37. The maximum atomic E-state index is 13.1. The Kier molecular flexibility index (Phi) is 4.00. The normalized spacial score (nSPS) is 18.5. The van der Waals surface area contributed by atoms with E-state index in [-0.39, 0.29) is 17.8 Å². The van der Waals surface area contributed by atoms with Crippen LogP contribution in [0, 0.1) is 5.82 Å². The van der Waals surface area contributed by atoms with Crippen molar-refractivity contribution in [1.29, 1.82) is 0 Å². The molecule has 108 valence electrons. The number of benzene rings is 2. The molecule has 2 nitrogen and oxygen atoms in total. The molecule has 1 fully saturated rings. The number of hydrogen-bond acceptors (Lipinski definition) is 1. The molecule has 1 saturated heterocycles. The van der Waals surface area contributed by atoms with Gasteiger partial charge in [-0.3, -0.25) is 4.79 Å². The standard InChI is InChI=1S/C18H18FNO/c19-16-11-9-14(10-12-16)17-8-4-5-13-20(17)18(21)15-6-2-1-3-7-15/h1-3,6-7,9-12,17H,4-5,8,13H2/t17-/m0/s1. The van der Waals surface area contributed by atoms with Crippen LogP contribution < -0.4 is 0 Å². The number of piperidine rings is 1. The van der Waals surface area contributed by atoms with Gasteiger partial charge in [0, 0.05) is 12.1 Å². The molecule has 0 radical (unpaired) electrons. The van der Waals surface area contributed by atoms with Gasteiger partial charge in [0.1, 0.15) is 5.82 Å². The molecule has 0 N–H and O–H groups in total. The van der Waals surface area contributed by atoms with Crippen molar-refractivity contribution in [2.24, 2.45) is 0 Å². The van der Waals surface area contributed by atoms with Gasteiger partial charge < -0.3 is 4.90 Å². The van der Waals surface area contributed by atoms with Crippen molar-refractivity contribution in [3.05, 3.63) is 71.5 Å². The SMILES string of the molecule is O=C(c1ccccc1)N1CCCC[C@H]1c1ccc(F)cc1. The molecule has 0 aliphatic carbocycles. The summed E-state index contributed by atoms with van der Waals surface area (Å²) in [6, 6.07) is 15.9. The Morgan fingerprint density at radius 3 is 2.43 bits per heavy atom. The number of likely N-dealkylation sites (tertiary alicyclic amines) is 1. The van der Waals surface area contributed by atoms with Crippen LogP contribution in [0.1, 0.15) is 41.2 Å². The lowest BCUT2D eigenvalue weighted by atomic mass is 9.94. The van der Waals surface area contributed by atoms with Crippen LogP contribution in [0.4, 0.5) is 4.39 Å². The summed E-state index contributed by atoms with van der Waals surface area (Å²) in [5.41, 5.74) is 1.73. The van der Waals surface area contributed by atoms with Crippen LogP contribution in [0.15, 0.2) is 54.6 Å². The van der Waals surface area contributed by atoms with Crippen molar-refractivity contribution in [1.82, 2.24) is 4.90 Å². The first-order valence-corrected chi connectivity index (χ1v) is 7.37. The van der Waals surface area contributed by atoms with E-state index in [0.717, 1.165) is 31.4 Å². The van der Waals surface area contributed by atoms with Gasteiger partial charge in [-0.25, -0.2) is 4.39 Å². The molecule has 0 saturated carbocycles. The Bertz CT molecular complexity index is 609. The zero-order valence-corrected chi connectivity index (χ0v) is 11.8. The Balaban J connectivity index is 1.88. The second kappa shape index (κ2) is 6.08. The lowest BCUT2D eigenvalue weighted by Gasteiger charge is -2.36. The highest BCUT2D eigenvalue weighted by Crippen LogP contribution is 2.32. The third kappa shape index (κ3) is 2.97. The van der Waals surface area contributed by atoms with Crippen LogP contribution in [0.2, 0.25) is 0 Å². The lowest BCUT2D eigenvalue weighted by Crippen LogP contribution is -2.38. The van der Waals surface area contributed by atoms with Gasteiger partial charge in [-0.05, 0) is 49.1 Å². The minimum absolute atomic E-state index is 0.0482. The van der Waals surface area contributed by atoms with Gasteiger partial charge in [0.25, 0.3) is 5.91 Å². The number of carbonyl (C=O) groups is 1. The van der Waals surface area contributed by atoms with E-state index >= 15 is 0 Å². The van der Waals surface area contributed by atoms with E-state index in [1.54, 1.807) is 12.1 Å². The van der Waals surface area contributed by atoms with Crippen molar-refractivity contribution in [3.63, 3.8) is 0 Å². The second-order valence-electron chi connectivity index (χ2n) is 5.43. The molecule has 21 heavy (non-hydrogen) atoms. The van der Waals surface area contributed by atoms with E-state index in [9.17, 15) is 9.18 Å². The molecular weight excluding hydrogens is 265 g/mol. The summed E-state index contributed by atoms with van der Waals surface area (Å²) in [6.45, 7) is 0.760. The number of carbonyl (C=O) groups excluding carboxylic acids is 1. The second-order valence-corrected chi connectivity index (χ2v) is 5.43. The Hall–Kier alpha value is -2.16. The van der Waals surface area contributed by atoms with Crippen molar-refractivity contribution in [2.45, 2.75) is 25.3 Å². The third-order valence-corrected chi connectivity index (χ3v) is 4.04. The molecule has 2 aromatic carbocycles. The fraction of sp³-hybridized carbons (Fsp3) is 0.278. The van der Waals surface area contributed by atoms with E-state index < -0.39 is 0 Å². The molecular formula is C18H18FNO. The van der Waals surface area contributed by atoms with E-state index in [1.165, 1.54) is 12.1 Å². The van der Waals surface area contributed by atoms with Crippen molar-refractivity contribution in [2.75, 3.05) is 6.54 Å². The summed E-state index contributed by atoms with van der Waals surface area (Å²) in [4.78, 5) is 14.6. The Morgan fingerprint density at radius 1 is 1.00 bits per heavy atom. The summed E-state index contributed by atoms with van der Waals surface area (Å²) >= 11 is 0. The third-order valence-electron chi connectivity index (χ3n) is 4.04. The molecule has 0 spiro atoms. The molecule has 3 heteroatoms. The summed E-state index contributed by atoms with van der Waals surface area (Å²) in [5, 5.41) is 0.